The van der Waals surface area contributed by atoms with Crippen LogP contribution in [0.5, 0.6) is 0 Å². The molecule has 0 atom stereocenters. The summed E-state index contributed by atoms with van der Waals surface area (Å²) in [6.45, 7) is 2.31. The van der Waals surface area contributed by atoms with Gasteiger partial charge < -0.3 is 9.97 Å². The molecule has 3 heterocycles. The number of aromatic nitrogens is 4. The quantitative estimate of drug-likeness (QED) is 0.697. The standard InChI is InChI=1S/C11H13N5OS/c17-10-8-5-16(4-7-3-12-6-13-7)2-1-9(8)14-11(18)15-10/h3,6H,1-2,4-5H2,(H,12,13)(H2,14,15,17,18). The topological polar surface area (TPSA) is 80.6 Å². The number of imidazole rings is 1. The van der Waals surface area contributed by atoms with Gasteiger partial charge in [0.25, 0.3) is 5.56 Å². The number of nitrogens with one attached hydrogen (secondary N) is 3. The van der Waals surface area contributed by atoms with Crippen molar-refractivity contribution in [2.45, 2.75) is 19.5 Å². The van der Waals surface area contributed by atoms with Crippen molar-refractivity contribution in [3.63, 3.8) is 0 Å². The van der Waals surface area contributed by atoms with Crippen LogP contribution in [0, 0.1) is 4.77 Å². The molecular weight excluding hydrogens is 250 g/mol. The third-order valence-corrected chi connectivity index (χ3v) is 3.34. The molecule has 6 nitrogen and oxygen atoms in total. The zero-order valence-electron chi connectivity index (χ0n) is 9.69. The summed E-state index contributed by atoms with van der Waals surface area (Å²) in [6, 6.07) is 0. The summed E-state index contributed by atoms with van der Waals surface area (Å²) in [6.07, 6.45) is 4.28. The molecule has 0 aromatic carbocycles. The molecule has 0 saturated heterocycles. The number of fused-ring (bicyclic) bond motifs is 1. The third-order valence-electron chi connectivity index (χ3n) is 3.14. The lowest BCUT2D eigenvalue weighted by atomic mass is 10.1. The Morgan fingerprint density at radius 3 is 3.11 bits per heavy atom. The molecule has 1 aliphatic heterocycles. The predicted molar refractivity (Wildman–Crippen MR) is 68.7 cm³/mol. The molecule has 0 amide bonds. The molecule has 0 saturated carbocycles. The highest BCUT2D eigenvalue weighted by Gasteiger charge is 2.19. The first kappa shape index (κ1) is 11.4. The first-order valence-electron chi connectivity index (χ1n) is 5.76. The van der Waals surface area contributed by atoms with Crippen molar-refractivity contribution in [3.05, 3.63) is 44.6 Å². The lowest BCUT2D eigenvalue weighted by Gasteiger charge is -2.27. The molecule has 0 radical (unpaired) electrons. The van der Waals surface area contributed by atoms with Crippen LogP contribution in [0.4, 0.5) is 0 Å². The second-order valence-electron chi connectivity index (χ2n) is 4.40. The molecular formula is C11H13N5OS. The lowest BCUT2D eigenvalue weighted by Crippen LogP contribution is -2.35. The van der Waals surface area contributed by atoms with Crippen molar-refractivity contribution in [1.82, 2.24) is 24.8 Å². The van der Waals surface area contributed by atoms with E-state index in [-0.39, 0.29) is 5.56 Å². The number of hydrogen-bond acceptors (Lipinski definition) is 4. The Hall–Kier alpha value is -1.73. The highest BCUT2D eigenvalue weighted by Crippen LogP contribution is 2.14. The highest BCUT2D eigenvalue weighted by atomic mass is 32.1. The van der Waals surface area contributed by atoms with Crippen LogP contribution in [-0.2, 0) is 19.5 Å². The monoisotopic (exact) mass is 263 g/mol. The third kappa shape index (κ3) is 2.14. The Morgan fingerprint density at radius 2 is 2.33 bits per heavy atom. The summed E-state index contributed by atoms with van der Waals surface area (Å²) in [5.41, 5.74) is 2.72. The van der Waals surface area contributed by atoms with E-state index in [4.69, 9.17) is 12.2 Å². The van der Waals surface area contributed by atoms with Crippen molar-refractivity contribution < 1.29 is 0 Å². The lowest BCUT2D eigenvalue weighted by molar-refractivity contribution is 0.239. The van der Waals surface area contributed by atoms with Gasteiger partial charge in [-0.2, -0.15) is 0 Å². The zero-order chi connectivity index (χ0) is 12.5. The van der Waals surface area contributed by atoms with Gasteiger partial charge in [0.15, 0.2) is 4.77 Å². The van der Waals surface area contributed by atoms with Gasteiger partial charge in [-0.05, 0) is 12.2 Å². The van der Waals surface area contributed by atoms with Gasteiger partial charge in [0.05, 0.1) is 11.9 Å². The van der Waals surface area contributed by atoms with E-state index in [9.17, 15) is 4.79 Å². The summed E-state index contributed by atoms with van der Waals surface area (Å²) in [5.74, 6) is 0. The highest BCUT2D eigenvalue weighted by molar-refractivity contribution is 7.71. The SMILES string of the molecule is O=c1[nH]c(=S)[nH]c2c1CN(Cc1cnc[nH]1)CC2. The Labute approximate surface area is 108 Å². The van der Waals surface area contributed by atoms with E-state index in [1.54, 1.807) is 12.5 Å². The average molecular weight is 263 g/mol. The number of aromatic amines is 3. The molecule has 0 spiro atoms. The minimum Gasteiger partial charge on any atom is -0.347 e. The normalized spacial score (nSPS) is 15.6. The fraction of sp³-hybridized carbons (Fsp3) is 0.364. The Kier molecular flexibility index (Phi) is 2.85. The molecule has 0 aliphatic carbocycles. The van der Waals surface area contributed by atoms with Crippen molar-refractivity contribution in [3.8, 4) is 0 Å². The van der Waals surface area contributed by atoms with Gasteiger partial charge in [-0.15, -0.1) is 0 Å². The molecule has 0 unspecified atom stereocenters. The molecule has 3 rings (SSSR count). The van der Waals surface area contributed by atoms with Gasteiger partial charge in [0.1, 0.15) is 0 Å². The fourth-order valence-electron chi connectivity index (χ4n) is 2.26. The molecule has 0 bridgehead atoms. The van der Waals surface area contributed by atoms with Crippen LogP contribution >= 0.6 is 12.2 Å². The predicted octanol–water partition coefficient (Wildman–Crippen LogP) is 0.714. The molecule has 18 heavy (non-hydrogen) atoms. The van der Waals surface area contributed by atoms with Crippen LogP contribution in [-0.4, -0.2) is 31.4 Å². The van der Waals surface area contributed by atoms with Crippen LogP contribution in [0.25, 0.3) is 0 Å². The molecule has 1 aliphatic rings. The Morgan fingerprint density at radius 1 is 1.44 bits per heavy atom. The van der Waals surface area contributed by atoms with Crippen LogP contribution in [0.2, 0.25) is 0 Å². The van der Waals surface area contributed by atoms with Gasteiger partial charge >= 0.3 is 0 Å². The summed E-state index contributed by atoms with van der Waals surface area (Å²) in [7, 11) is 0. The van der Waals surface area contributed by atoms with E-state index < -0.39 is 0 Å². The average Bonchev–Trinajstić information content (AvgIpc) is 2.83. The molecule has 2 aromatic rings. The van der Waals surface area contributed by atoms with E-state index in [0.29, 0.717) is 11.3 Å². The fourth-order valence-corrected chi connectivity index (χ4v) is 2.48. The second kappa shape index (κ2) is 4.51. The molecule has 94 valence electrons. The number of nitrogens with zero attached hydrogens (tertiary/aromatic N) is 2. The van der Waals surface area contributed by atoms with Crippen molar-refractivity contribution in [1.29, 1.82) is 0 Å². The molecule has 2 aromatic heterocycles. The van der Waals surface area contributed by atoms with Crippen LogP contribution in [0.15, 0.2) is 17.3 Å². The van der Waals surface area contributed by atoms with E-state index in [1.807, 2.05) is 0 Å². The smallest absolute Gasteiger partial charge is 0.256 e. The maximum Gasteiger partial charge on any atom is 0.256 e. The zero-order valence-corrected chi connectivity index (χ0v) is 10.5. The summed E-state index contributed by atoms with van der Waals surface area (Å²) in [5, 5.41) is 0. The van der Waals surface area contributed by atoms with Crippen LogP contribution in [0.3, 0.4) is 0 Å². The van der Waals surface area contributed by atoms with Gasteiger partial charge in [-0.25, -0.2) is 4.98 Å². The Bertz CT molecular complexity index is 657. The first-order valence-corrected chi connectivity index (χ1v) is 6.17. The van der Waals surface area contributed by atoms with Gasteiger partial charge in [0.2, 0.25) is 0 Å². The van der Waals surface area contributed by atoms with Gasteiger partial charge in [0, 0.05) is 43.6 Å². The van der Waals surface area contributed by atoms with Crippen molar-refractivity contribution in [2.75, 3.05) is 6.54 Å². The van der Waals surface area contributed by atoms with Crippen LogP contribution in [0.1, 0.15) is 17.0 Å². The van der Waals surface area contributed by atoms with E-state index in [1.165, 1.54) is 0 Å². The Balaban J connectivity index is 1.85. The number of rotatable bonds is 2. The minimum absolute atomic E-state index is 0.0805. The molecule has 0 fully saturated rings. The molecule has 7 heteroatoms. The summed E-state index contributed by atoms with van der Waals surface area (Å²) < 4.78 is 0.403. The van der Waals surface area contributed by atoms with E-state index >= 15 is 0 Å². The van der Waals surface area contributed by atoms with Crippen molar-refractivity contribution in [2.24, 2.45) is 0 Å². The van der Waals surface area contributed by atoms with E-state index in [0.717, 1.165) is 36.5 Å². The number of hydrogen-bond donors (Lipinski definition) is 3. The second-order valence-corrected chi connectivity index (χ2v) is 4.81. The summed E-state index contributed by atoms with van der Waals surface area (Å²) in [4.78, 5) is 26.8. The molecule has 3 N–H and O–H groups in total. The maximum atomic E-state index is 11.8. The van der Waals surface area contributed by atoms with Crippen LogP contribution < -0.4 is 5.56 Å². The summed E-state index contributed by atoms with van der Waals surface area (Å²) >= 11 is 4.97. The maximum absolute atomic E-state index is 11.8. The largest absolute Gasteiger partial charge is 0.347 e. The van der Waals surface area contributed by atoms with E-state index in [2.05, 4.69) is 24.8 Å². The van der Waals surface area contributed by atoms with Crippen molar-refractivity contribution >= 4 is 12.2 Å². The minimum atomic E-state index is -0.0805. The van der Waals surface area contributed by atoms with Gasteiger partial charge in [-0.1, -0.05) is 0 Å². The number of H-pyrrole nitrogens is 3. The van der Waals surface area contributed by atoms with Gasteiger partial charge in [-0.3, -0.25) is 14.7 Å². The first-order chi connectivity index (χ1) is 8.72.